The normalized spacial score (nSPS) is 15.8. The Balaban J connectivity index is 1.92. The van der Waals surface area contributed by atoms with E-state index in [1.54, 1.807) is 16.8 Å². The minimum atomic E-state index is -4.37. The van der Waals surface area contributed by atoms with E-state index in [9.17, 15) is 18.0 Å². The fourth-order valence-electron chi connectivity index (χ4n) is 2.11. The lowest BCUT2D eigenvalue weighted by molar-refractivity contribution is -0.137. The van der Waals surface area contributed by atoms with Crippen LogP contribution in [-0.2, 0) is 11.0 Å². The monoisotopic (exact) mass is 287 g/mol. The number of anilines is 1. The molecule has 2 heterocycles. The summed E-state index contributed by atoms with van der Waals surface area (Å²) in [5.41, 5.74) is -0.760. The number of pyridine rings is 1. The number of hydrogen-bond acceptors (Lipinski definition) is 3. The Kier molecular flexibility index (Phi) is 4.15. The van der Waals surface area contributed by atoms with Crippen LogP contribution in [0.3, 0.4) is 0 Å². The van der Waals surface area contributed by atoms with Gasteiger partial charge in [-0.3, -0.25) is 4.79 Å². The van der Waals surface area contributed by atoms with Crippen LogP contribution in [-0.4, -0.2) is 42.5 Å². The summed E-state index contributed by atoms with van der Waals surface area (Å²) in [6, 6.07) is 2.36. The molecule has 1 aliphatic heterocycles. The zero-order chi connectivity index (χ0) is 14.8. The van der Waals surface area contributed by atoms with Crippen molar-refractivity contribution in [1.82, 2.24) is 9.88 Å². The van der Waals surface area contributed by atoms with Gasteiger partial charge in [-0.05, 0) is 18.6 Å². The van der Waals surface area contributed by atoms with Crippen molar-refractivity contribution < 1.29 is 18.0 Å². The van der Waals surface area contributed by atoms with E-state index in [4.69, 9.17) is 0 Å². The Hall–Kier alpha value is -1.79. The molecule has 20 heavy (non-hydrogen) atoms. The van der Waals surface area contributed by atoms with Crippen molar-refractivity contribution in [1.29, 1.82) is 0 Å². The first kappa shape index (κ1) is 14.6. The van der Waals surface area contributed by atoms with E-state index < -0.39 is 11.7 Å². The maximum Gasteiger partial charge on any atom is 0.417 e. The molecule has 1 aliphatic rings. The number of amides is 1. The lowest BCUT2D eigenvalue weighted by Crippen LogP contribution is -2.34. The predicted octanol–water partition coefficient (Wildman–Crippen LogP) is 2.16. The molecule has 1 saturated heterocycles. The Morgan fingerprint density at radius 3 is 2.65 bits per heavy atom. The van der Waals surface area contributed by atoms with Crippen LogP contribution in [0.2, 0.25) is 0 Å². The summed E-state index contributed by atoms with van der Waals surface area (Å²) >= 11 is 0. The minimum Gasteiger partial charge on any atom is -0.358 e. The number of halogens is 3. The molecular weight excluding hydrogens is 271 g/mol. The molecule has 0 radical (unpaired) electrons. The molecule has 4 nitrogen and oxygen atoms in total. The SMILES string of the molecule is CN(CCN1CCCC1=O)c1ccc(C(F)(F)F)cn1. The molecule has 1 aromatic rings. The van der Waals surface area contributed by atoms with Gasteiger partial charge in [0.2, 0.25) is 5.91 Å². The number of likely N-dealkylation sites (N-methyl/N-ethyl adjacent to an activating group) is 1. The molecule has 0 unspecified atom stereocenters. The maximum atomic E-state index is 12.4. The summed E-state index contributed by atoms with van der Waals surface area (Å²) in [5, 5.41) is 0. The van der Waals surface area contributed by atoms with Gasteiger partial charge in [-0.25, -0.2) is 4.98 Å². The van der Waals surface area contributed by atoms with Crippen molar-refractivity contribution in [2.75, 3.05) is 31.6 Å². The van der Waals surface area contributed by atoms with Crippen molar-refractivity contribution >= 4 is 11.7 Å². The van der Waals surface area contributed by atoms with Gasteiger partial charge >= 0.3 is 6.18 Å². The molecule has 0 spiro atoms. The lowest BCUT2D eigenvalue weighted by Gasteiger charge is -2.22. The molecule has 0 saturated carbocycles. The molecule has 2 rings (SSSR count). The van der Waals surface area contributed by atoms with Crippen LogP contribution in [0.1, 0.15) is 18.4 Å². The van der Waals surface area contributed by atoms with Gasteiger partial charge < -0.3 is 9.80 Å². The highest BCUT2D eigenvalue weighted by atomic mass is 19.4. The first-order valence-corrected chi connectivity index (χ1v) is 6.40. The van der Waals surface area contributed by atoms with E-state index >= 15 is 0 Å². The summed E-state index contributed by atoms with van der Waals surface area (Å²) in [6.07, 6.45) is -2.08. The lowest BCUT2D eigenvalue weighted by atomic mass is 10.2. The van der Waals surface area contributed by atoms with E-state index in [1.165, 1.54) is 6.07 Å². The van der Waals surface area contributed by atoms with Crippen LogP contribution in [0.25, 0.3) is 0 Å². The zero-order valence-corrected chi connectivity index (χ0v) is 11.2. The van der Waals surface area contributed by atoms with E-state index in [0.29, 0.717) is 25.3 Å². The molecule has 1 aromatic heterocycles. The first-order chi connectivity index (χ1) is 9.38. The second kappa shape index (κ2) is 5.68. The summed E-state index contributed by atoms with van der Waals surface area (Å²) in [4.78, 5) is 18.8. The van der Waals surface area contributed by atoms with E-state index in [-0.39, 0.29) is 5.91 Å². The smallest absolute Gasteiger partial charge is 0.358 e. The molecular formula is C13H16F3N3O. The number of carbonyl (C=O) groups excluding carboxylic acids is 1. The fourth-order valence-corrected chi connectivity index (χ4v) is 2.11. The highest BCUT2D eigenvalue weighted by Gasteiger charge is 2.30. The van der Waals surface area contributed by atoms with Gasteiger partial charge in [0.25, 0.3) is 0 Å². The standard InChI is InChI=1S/C13H16F3N3O/c1-18(7-8-19-6-2-3-12(19)20)11-5-4-10(9-17-11)13(14,15)16/h4-5,9H,2-3,6-8H2,1H3. The third-order valence-electron chi connectivity index (χ3n) is 3.34. The molecule has 0 bridgehead atoms. The second-order valence-electron chi connectivity index (χ2n) is 4.81. The topological polar surface area (TPSA) is 36.4 Å². The average Bonchev–Trinajstić information content (AvgIpc) is 2.81. The summed E-state index contributed by atoms with van der Waals surface area (Å²) in [7, 11) is 1.75. The van der Waals surface area contributed by atoms with Crippen LogP contribution in [0.5, 0.6) is 0 Å². The molecule has 1 fully saturated rings. The van der Waals surface area contributed by atoms with Gasteiger partial charge in [0.1, 0.15) is 5.82 Å². The summed E-state index contributed by atoms with van der Waals surface area (Å²) in [5.74, 6) is 0.600. The van der Waals surface area contributed by atoms with Gasteiger partial charge in [-0.2, -0.15) is 13.2 Å². The fraction of sp³-hybridized carbons (Fsp3) is 0.538. The van der Waals surface area contributed by atoms with E-state index in [1.807, 2.05) is 0 Å². The van der Waals surface area contributed by atoms with Crippen molar-refractivity contribution in [2.24, 2.45) is 0 Å². The predicted molar refractivity (Wildman–Crippen MR) is 68.3 cm³/mol. The Morgan fingerprint density at radius 1 is 1.40 bits per heavy atom. The first-order valence-electron chi connectivity index (χ1n) is 6.40. The number of hydrogen-bond donors (Lipinski definition) is 0. The Morgan fingerprint density at radius 2 is 2.15 bits per heavy atom. The van der Waals surface area contributed by atoms with Crippen molar-refractivity contribution in [2.45, 2.75) is 19.0 Å². The van der Waals surface area contributed by atoms with Gasteiger partial charge in [0.15, 0.2) is 0 Å². The van der Waals surface area contributed by atoms with E-state index in [2.05, 4.69) is 4.98 Å². The number of carbonyl (C=O) groups is 1. The highest BCUT2D eigenvalue weighted by Crippen LogP contribution is 2.29. The molecule has 0 atom stereocenters. The summed E-state index contributed by atoms with van der Waals surface area (Å²) in [6.45, 7) is 1.87. The zero-order valence-electron chi connectivity index (χ0n) is 11.2. The van der Waals surface area contributed by atoms with Crippen LogP contribution in [0.4, 0.5) is 19.0 Å². The van der Waals surface area contributed by atoms with Gasteiger partial charge in [0, 0.05) is 39.3 Å². The maximum absolute atomic E-state index is 12.4. The van der Waals surface area contributed by atoms with Crippen LogP contribution < -0.4 is 4.90 Å². The number of likely N-dealkylation sites (tertiary alicyclic amines) is 1. The molecule has 0 aliphatic carbocycles. The highest BCUT2D eigenvalue weighted by molar-refractivity contribution is 5.78. The number of aromatic nitrogens is 1. The molecule has 0 aromatic carbocycles. The van der Waals surface area contributed by atoms with Crippen LogP contribution >= 0.6 is 0 Å². The number of alkyl halides is 3. The molecule has 110 valence electrons. The number of nitrogens with zero attached hydrogens (tertiary/aromatic N) is 3. The van der Waals surface area contributed by atoms with Gasteiger partial charge in [0.05, 0.1) is 5.56 Å². The van der Waals surface area contributed by atoms with Gasteiger partial charge in [-0.1, -0.05) is 0 Å². The second-order valence-corrected chi connectivity index (χ2v) is 4.81. The van der Waals surface area contributed by atoms with E-state index in [0.717, 1.165) is 25.2 Å². The molecule has 0 N–H and O–H groups in total. The van der Waals surface area contributed by atoms with Crippen LogP contribution in [0, 0.1) is 0 Å². The Bertz CT molecular complexity index is 473. The van der Waals surface area contributed by atoms with Crippen LogP contribution in [0.15, 0.2) is 18.3 Å². The van der Waals surface area contributed by atoms with Crippen molar-refractivity contribution in [3.05, 3.63) is 23.9 Å². The molecule has 1 amide bonds. The van der Waals surface area contributed by atoms with Gasteiger partial charge in [-0.15, -0.1) is 0 Å². The van der Waals surface area contributed by atoms with Crippen molar-refractivity contribution in [3.8, 4) is 0 Å². The quantitative estimate of drug-likeness (QED) is 0.851. The minimum absolute atomic E-state index is 0.138. The largest absolute Gasteiger partial charge is 0.417 e. The molecule has 7 heteroatoms. The summed E-state index contributed by atoms with van der Waals surface area (Å²) < 4.78 is 37.3. The van der Waals surface area contributed by atoms with Crippen molar-refractivity contribution in [3.63, 3.8) is 0 Å². The third kappa shape index (κ3) is 3.40. The Labute approximate surface area is 115 Å². The average molecular weight is 287 g/mol. The number of rotatable bonds is 4. The third-order valence-corrected chi connectivity index (χ3v) is 3.34.